The monoisotopic (exact) mass is 371 g/mol. The average Bonchev–Trinajstić information content (AvgIpc) is 2.61. The van der Waals surface area contributed by atoms with E-state index in [9.17, 15) is 9.59 Å². The summed E-state index contributed by atoms with van der Waals surface area (Å²) in [5, 5.41) is 2.68. The molecule has 0 saturated carbocycles. The highest BCUT2D eigenvalue weighted by Crippen LogP contribution is 2.25. The van der Waals surface area contributed by atoms with E-state index >= 15 is 0 Å². The number of rotatable bonds is 7. The molecule has 2 aromatic carbocycles. The van der Waals surface area contributed by atoms with Gasteiger partial charge in [0.05, 0.1) is 12.8 Å². The molecule has 6 nitrogen and oxygen atoms in total. The van der Waals surface area contributed by atoms with Gasteiger partial charge in [-0.1, -0.05) is 29.8 Å². The Labute approximate surface area is 159 Å². The van der Waals surface area contributed by atoms with Crippen molar-refractivity contribution in [1.82, 2.24) is 0 Å². The standard InChI is InChI=1S/C21H25NO5/c1-13-10-14(2)20(15(3)11-13)26-12-19(23)27-16(4)21(24)22-17-8-6-7-9-18(17)25-5/h6-11,16H,12H2,1-5H3,(H,22,24)/t16-/m1/s1. The summed E-state index contributed by atoms with van der Waals surface area (Å²) in [6.07, 6.45) is -0.966. The van der Waals surface area contributed by atoms with Gasteiger partial charge in [-0.25, -0.2) is 4.79 Å². The summed E-state index contributed by atoms with van der Waals surface area (Å²) < 4.78 is 15.9. The van der Waals surface area contributed by atoms with E-state index in [1.54, 1.807) is 24.3 Å². The van der Waals surface area contributed by atoms with Gasteiger partial charge in [-0.2, -0.15) is 0 Å². The maximum atomic E-state index is 12.3. The molecule has 0 unspecified atom stereocenters. The first-order valence-corrected chi connectivity index (χ1v) is 8.65. The highest BCUT2D eigenvalue weighted by Gasteiger charge is 2.20. The Morgan fingerprint density at radius 2 is 1.70 bits per heavy atom. The topological polar surface area (TPSA) is 73.9 Å². The summed E-state index contributed by atoms with van der Waals surface area (Å²) in [7, 11) is 1.51. The largest absolute Gasteiger partial charge is 0.495 e. The molecule has 0 fully saturated rings. The van der Waals surface area contributed by atoms with Gasteiger partial charge in [0.2, 0.25) is 0 Å². The molecule has 0 radical (unpaired) electrons. The molecule has 144 valence electrons. The quantitative estimate of drug-likeness (QED) is 0.753. The van der Waals surface area contributed by atoms with Crippen LogP contribution in [0.3, 0.4) is 0 Å². The van der Waals surface area contributed by atoms with Crippen LogP contribution in [0.15, 0.2) is 36.4 Å². The number of amides is 1. The predicted octanol–water partition coefficient (Wildman–Crippen LogP) is 3.57. The maximum Gasteiger partial charge on any atom is 0.344 e. The zero-order valence-corrected chi connectivity index (χ0v) is 16.3. The van der Waals surface area contributed by atoms with Crippen molar-refractivity contribution in [2.75, 3.05) is 19.0 Å². The zero-order chi connectivity index (χ0) is 20.0. The third-order valence-electron chi connectivity index (χ3n) is 3.98. The Morgan fingerprint density at radius 1 is 1.07 bits per heavy atom. The SMILES string of the molecule is COc1ccccc1NC(=O)[C@@H](C)OC(=O)COc1c(C)cc(C)cc1C. The van der Waals surface area contributed by atoms with E-state index < -0.39 is 18.0 Å². The lowest BCUT2D eigenvalue weighted by Gasteiger charge is -2.16. The van der Waals surface area contributed by atoms with Crippen LogP contribution in [-0.4, -0.2) is 31.7 Å². The molecular weight excluding hydrogens is 346 g/mol. The summed E-state index contributed by atoms with van der Waals surface area (Å²) in [5.41, 5.74) is 3.53. The fraction of sp³-hybridized carbons (Fsp3) is 0.333. The Kier molecular flexibility index (Phi) is 6.82. The zero-order valence-electron chi connectivity index (χ0n) is 16.3. The molecule has 0 aromatic heterocycles. The molecule has 1 atom stereocenters. The van der Waals surface area contributed by atoms with Gasteiger partial charge in [0.1, 0.15) is 11.5 Å². The molecule has 0 aliphatic carbocycles. The first-order valence-electron chi connectivity index (χ1n) is 8.65. The van der Waals surface area contributed by atoms with Crippen LogP contribution in [0.5, 0.6) is 11.5 Å². The van der Waals surface area contributed by atoms with E-state index in [1.165, 1.54) is 14.0 Å². The van der Waals surface area contributed by atoms with E-state index in [1.807, 2.05) is 32.9 Å². The van der Waals surface area contributed by atoms with Gasteiger partial charge >= 0.3 is 5.97 Å². The number of anilines is 1. The molecule has 2 rings (SSSR count). The van der Waals surface area contributed by atoms with Crippen molar-refractivity contribution in [1.29, 1.82) is 0 Å². The van der Waals surface area contributed by atoms with Crippen molar-refractivity contribution >= 4 is 17.6 Å². The summed E-state index contributed by atoms with van der Waals surface area (Å²) in [4.78, 5) is 24.3. The van der Waals surface area contributed by atoms with E-state index in [4.69, 9.17) is 14.2 Å². The van der Waals surface area contributed by atoms with Crippen LogP contribution in [0.2, 0.25) is 0 Å². The number of ether oxygens (including phenoxy) is 3. The van der Waals surface area contributed by atoms with E-state index in [-0.39, 0.29) is 6.61 Å². The van der Waals surface area contributed by atoms with E-state index in [2.05, 4.69) is 5.32 Å². The molecule has 0 heterocycles. The second-order valence-electron chi connectivity index (χ2n) is 6.34. The summed E-state index contributed by atoms with van der Waals surface area (Å²) in [6, 6.07) is 11.0. The normalized spacial score (nSPS) is 11.4. The van der Waals surface area contributed by atoms with Crippen LogP contribution in [0.25, 0.3) is 0 Å². The van der Waals surface area contributed by atoms with Gasteiger partial charge in [0.25, 0.3) is 5.91 Å². The van der Waals surface area contributed by atoms with Gasteiger partial charge in [0.15, 0.2) is 12.7 Å². The number of carbonyl (C=O) groups is 2. The van der Waals surface area contributed by atoms with Crippen LogP contribution in [0, 0.1) is 20.8 Å². The highest BCUT2D eigenvalue weighted by molar-refractivity contribution is 5.96. The molecule has 27 heavy (non-hydrogen) atoms. The Balaban J connectivity index is 1.91. The number of benzene rings is 2. The van der Waals surface area contributed by atoms with Gasteiger partial charge in [-0.15, -0.1) is 0 Å². The van der Waals surface area contributed by atoms with Gasteiger partial charge in [0, 0.05) is 0 Å². The van der Waals surface area contributed by atoms with Crippen molar-refractivity contribution in [3.63, 3.8) is 0 Å². The maximum absolute atomic E-state index is 12.3. The van der Waals surface area contributed by atoms with Crippen molar-refractivity contribution in [2.45, 2.75) is 33.8 Å². The predicted molar refractivity (Wildman–Crippen MR) is 103 cm³/mol. The number of hydrogen-bond acceptors (Lipinski definition) is 5. The number of carbonyl (C=O) groups excluding carboxylic acids is 2. The summed E-state index contributed by atoms with van der Waals surface area (Å²) in [5.74, 6) is 0.120. The molecule has 0 saturated heterocycles. The number of nitrogens with one attached hydrogen (secondary N) is 1. The Hall–Kier alpha value is -3.02. The molecule has 2 aromatic rings. The number of esters is 1. The van der Waals surface area contributed by atoms with Crippen LogP contribution in [0.4, 0.5) is 5.69 Å². The van der Waals surface area contributed by atoms with Gasteiger partial charge in [-0.3, -0.25) is 4.79 Å². The molecule has 1 N–H and O–H groups in total. The van der Waals surface area contributed by atoms with E-state index in [0.717, 1.165) is 16.7 Å². The van der Waals surface area contributed by atoms with Crippen LogP contribution in [0.1, 0.15) is 23.6 Å². The lowest BCUT2D eigenvalue weighted by atomic mass is 10.1. The molecular formula is C21H25NO5. The Bertz CT molecular complexity index is 808. The minimum atomic E-state index is -0.966. The molecule has 6 heteroatoms. The van der Waals surface area contributed by atoms with Crippen LogP contribution < -0.4 is 14.8 Å². The first kappa shape index (κ1) is 20.3. The smallest absolute Gasteiger partial charge is 0.344 e. The summed E-state index contributed by atoms with van der Waals surface area (Å²) >= 11 is 0. The number of hydrogen-bond donors (Lipinski definition) is 1. The van der Waals surface area contributed by atoms with Crippen molar-refractivity contribution in [3.8, 4) is 11.5 Å². The molecule has 0 bridgehead atoms. The van der Waals surface area contributed by atoms with Gasteiger partial charge in [-0.05, 0) is 51.0 Å². The van der Waals surface area contributed by atoms with Crippen molar-refractivity contribution in [2.24, 2.45) is 0 Å². The van der Waals surface area contributed by atoms with Crippen LogP contribution >= 0.6 is 0 Å². The second-order valence-corrected chi connectivity index (χ2v) is 6.34. The first-order chi connectivity index (χ1) is 12.8. The fourth-order valence-corrected chi connectivity index (χ4v) is 2.79. The van der Waals surface area contributed by atoms with Crippen molar-refractivity contribution in [3.05, 3.63) is 53.1 Å². The lowest BCUT2D eigenvalue weighted by Crippen LogP contribution is -2.31. The molecule has 0 spiro atoms. The van der Waals surface area contributed by atoms with Crippen molar-refractivity contribution < 1.29 is 23.8 Å². The lowest BCUT2D eigenvalue weighted by molar-refractivity contribution is -0.155. The third kappa shape index (κ3) is 5.48. The molecule has 1 amide bonds. The molecule has 0 aliphatic rings. The van der Waals surface area contributed by atoms with Gasteiger partial charge < -0.3 is 19.5 Å². The second kappa shape index (κ2) is 9.07. The Morgan fingerprint density at radius 3 is 2.33 bits per heavy atom. The highest BCUT2D eigenvalue weighted by atomic mass is 16.6. The molecule has 0 aliphatic heterocycles. The van der Waals surface area contributed by atoms with Crippen LogP contribution in [-0.2, 0) is 14.3 Å². The van der Waals surface area contributed by atoms with E-state index in [0.29, 0.717) is 17.2 Å². The average molecular weight is 371 g/mol. The number of para-hydroxylation sites is 2. The minimum absolute atomic E-state index is 0.267. The third-order valence-corrected chi connectivity index (χ3v) is 3.98. The fourth-order valence-electron chi connectivity index (χ4n) is 2.79. The number of aryl methyl sites for hydroxylation is 3. The minimum Gasteiger partial charge on any atom is -0.495 e. The summed E-state index contributed by atoms with van der Waals surface area (Å²) in [6.45, 7) is 7.08. The number of methoxy groups -OCH3 is 1.